The van der Waals surface area contributed by atoms with Gasteiger partial charge < -0.3 is 19.1 Å². The molecule has 0 saturated heterocycles. The molecule has 0 aliphatic rings. The van der Waals surface area contributed by atoms with Gasteiger partial charge in [0.25, 0.3) is 0 Å². The number of ether oxygens (including phenoxy) is 2. The van der Waals surface area contributed by atoms with E-state index in [-0.39, 0.29) is 28.9 Å². The van der Waals surface area contributed by atoms with Gasteiger partial charge in [0.15, 0.2) is 11.5 Å². The molecule has 1 unspecified atom stereocenters. The number of benzene rings is 1. The number of nitrogens with one attached hydrogen (secondary N) is 1. The van der Waals surface area contributed by atoms with Crippen LogP contribution in [0.3, 0.4) is 0 Å². The number of phenols is 1. The Morgan fingerprint density at radius 3 is 2.29 bits per heavy atom. The summed E-state index contributed by atoms with van der Waals surface area (Å²) in [6, 6.07) is 4.43. The van der Waals surface area contributed by atoms with Crippen molar-refractivity contribution in [3.8, 4) is 23.0 Å². The highest BCUT2D eigenvalue weighted by atomic mass is 31.2. The maximum Gasteiger partial charge on any atom is 0.427 e. The second-order valence-corrected chi connectivity index (χ2v) is 7.42. The number of allylic oxidation sites excluding steroid dienone is 2. The van der Waals surface area contributed by atoms with Crippen molar-refractivity contribution in [3.05, 3.63) is 42.0 Å². The van der Waals surface area contributed by atoms with Crippen LogP contribution in [-0.4, -0.2) is 29.3 Å². The number of anilines is 1. The third-order valence-corrected chi connectivity index (χ3v) is 5.64. The van der Waals surface area contributed by atoms with Crippen molar-refractivity contribution in [3.63, 3.8) is 0 Å². The number of nitrogens with zero attached hydrogens (tertiary/aromatic N) is 2. The number of aromatic nitrogens is 2. The number of hydrogen-bond acceptors (Lipinski definition) is 9. The van der Waals surface area contributed by atoms with E-state index >= 15 is 0 Å². The van der Waals surface area contributed by atoms with Gasteiger partial charge in [-0.2, -0.15) is 4.62 Å². The van der Waals surface area contributed by atoms with Crippen molar-refractivity contribution in [2.75, 3.05) is 19.7 Å². The normalized spacial score (nSPS) is 13.5. The lowest BCUT2D eigenvalue weighted by atomic mass is 10.3. The van der Waals surface area contributed by atoms with E-state index in [1.165, 1.54) is 38.7 Å². The van der Waals surface area contributed by atoms with Crippen molar-refractivity contribution >= 4 is 13.5 Å². The summed E-state index contributed by atoms with van der Waals surface area (Å²) in [5, 5.41) is 10.5. The number of phenolic OH excluding ortho intramolecular Hbond substituents is 1. The molecule has 9 nitrogen and oxygen atoms in total. The van der Waals surface area contributed by atoms with Gasteiger partial charge in [0, 0.05) is 24.5 Å². The molecule has 2 rings (SSSR count). The standard InChI is InChI=1S/C18H24N3O6P/c1-5-8-14(6-2)28(23,27-21-18-19-9-7-10-20-18)26-13-11-15(24-3)17(22)16(12-13)25-4/h7-12,22H,5-6H2,1-4H3,(H,19,20,21)/b14-8+. The molecule has 0 radical (unpaired) electrons. The summed E-state index contributed by atoms with van der Waals surface area (Å²) in [6.07, 6.45) is 5.90. The average molecular weight is 409 g/mol. The summed E-state index contributed by atoms with van der Waals surface area (Å²) in [6.45, 7) is 3.76. The van der Waals surface area contributed by atoms with Gasteiger partial charge in [0.2, 0.25) is 11.7 Å². The Hall–Kier alpha value is -2.77. The lowest BCUT2D eigenvalue weighted by Crippen LogP contribution is -2.08. The highest BCUT2D eigenvalue weighted by Crippen LogP contribution is 2.58. The van der Waals surface area contributed by atoms with E-state index in [1.807, 2.05) is 13.8 Å². The van der Waals surface area contributed by atoms with Crippen LogP contribution in [0, 0.1) is 0 Å². The Morgan fingerprint density at radius 1 is 1.18 bits per heavy atom. The molecule has 0 aliphatic carbocycles. The maximum atomic E-state index is 13.6. The zero-order valence-corrected chi connectivity index (χ0v) is 17.1. The number of hydrogen-bond donors (Lipinski definition) is 2. The molecule has 1 atom stereocenters. The van der Waals surface area contributed by atoms with Crippen molar-refractivity contribution in [1.29, 1.82) is 0 Å². The third-order valence-electron chi connectivity index (χ3n) is 3.66. The Kier molecular flexibility index (Phi) is 7.66. The average Bonchev–Trinajstić information content (AvgIpc) is 2.72. The highest BCUT2D eigenvalue weighted by molar-refractivity contribution is 7.58. The SMILES string of the molecule is CC/C=C(\CC)P(=O)(ONc1ncccn1)Oc1cc(OC)c(O)c(OC)c1. The number of aromatic hydroxyl groups is 1. The number of rotatable bonds is 10. The molecular weight excluding hydrogens is 385 g/mol. The van der Waals surface area contributed by atoms with Crippen molar-refractivity contribution < 1.29 is 28.3 Å². The van der Waals surface area contributed by atoms with Gasteiger partial charge in [-0.05, 0) is 18.9 Å². The molecule has 2 aromatic rings. The van der Waals surface area contributed by atoms with Gasteiger partial charge in [0.1, 0.15) is 5.75 Å². The van der Waals surface area contributed by atoms with Crippen LogP contribution in [0.1, 0.15) is 26.7 Å². The zero-order valence-electron chi connectivity index (χ0n) is 16.2. The first kappa shape index (κ1) is 21.5. The van der Waals surface area contributed by atoms with Gasteiger partial charge in [-0.25, -0.2) is 20.0 Å². The van der Waals surface area contributed by atoms with Crippen molar-refractivity contribution in [1.82, 2.24) is 9.97 Å². The molecule has 0 bridgehead atoms. The summed E-state index contributed by atoms with van der Waals surface area (Å²) in [4.78, 5) is 7.94. The van der Waals surface area contributed by atoms with Crippen LogP contribution >= 0.6 is 7.60 Å². The van der Waals surface area contributed by atoms with Gasteiger partial charge in [-0.1, -0.05) is 19.9 Å². The van der Waals surface area contributed by atoms with Crippen LogP contribution in [0.4, 0.5) is 5.95 Å². The molecule has 1 heterocycles. The van der Waals surface area contributed by atoms with Crippen molar-refractivity contribution in [2.24, 2.45) is 0 Å². The smallest absolute Gasteiger partial charge is 0.427 e. The van der Waals surface area contributed by atoms with E-state index in [0.717, 1.165) is 0 Å². The molecule has 0 spiro atoms. The quantitative estimate of drug-likeness (QED) is 0.432. The fourth-order valence-corrected chi connectivity index (χ4v) is 3.98. The highest BCUT2D eigenvalue weighted by Gasteiger charge is 2.33. The molecule has 10 heteroatoms. The molecule has 152 valence electrons. The Labute approximate surface area is 163 Å². The summed E-state index contributed by atoms with van der Waals surface area (Å²) >= 11 is 0. The molecule has 28 heavy (non-hydrogen) atoms. The van der Waals surface area contributed by atoms with Crippen molar-refractivity contribution in [2.45, 2.75) is 26.7 Å². The van der Waals surface area contributed by atoms with E-state index in [2.05, 4.69) is 15.4 Å². The molecule has 0 aliphatic heterocycles. The lowest BCUT2D eigenvalue weighted by Gasteiger charge is -2.22. The van der Waals surface area contributed by atoms with E-state index in [4.69, 9.17) is 18.6 Å². The second-order valence-electron chi connectivity index (χ2n) is 5.49. The first-order chi connectivity index (χ1) is 13.5. The Bertz CT molecular complexity index is 835. The maximum absolute atomic E-state index is 13.6. The summed E-state index contributed by atoms with van der Waals surface area (Å²) in [5.74, 6) is 0.305. The molecule has 1 aromatic heterocycles. The molecular formula is C18H24N3O6P. The first-order valence-electron chi connectivity index (χ1n) is 8.63. The van der Waals surface area contributed by atoms with Crippen LogP contribution in [0.25, 0.3) is 0 Å². The van der Waals surface area contributed by atoms with E-state index in [9.17, 15) is 9.67 Å². The van der Waals surface area contributed by atoms with Gasteiger partial charge in [-0.15, -0.1) is 0 Å². The fraction of sp³-hybridized carbons (Fsp3) is 0.333. The minimum atomic E-state index is -3.83. The van der Waals surface area contributed by atoms with Crippen LogP contribution < -0.4 is 19.5 Å². The van der Waals surface area contributed by atoms with Gasteiger partial charge in [0.05, 0.1) is 19.5 Å². The van der Waals surface area contributed by atoms with Crippen LogP contribution in [0.2, 0.25) is 0 Å². The van der Waals surface area contributed by atoms with E-state index in [0.29, 0.717) is 18.2 Å². The second kappa shape index (κ2) is 9.96. The topological polar surface area (TPSA) is 112 Å². The monoisotopic (exact) mass is 409 g/mol. The van der Waals surface area contributed by atoms with Crippen LogP contribution in [0.5, 0.6) is 23.0 Å². The van der Waals surface area contributed by atoms with Gasteiger partial charge >= 0.3 is 7.60 Å². The van der Waals surface area contributed by atoms with Gasteiger partial charge in [-0.3, -0.25) is 0 Å². The molecule has 2 N–H and O–H groups in total. The largest absolute Gasteiger partial charge is 0.502 e. The molecule has 0 fully saturated rings. The molecule has 0 amide bonds. The minimum absolute atomic E-state index is 0.109. The fourth-order valence-electron chi connectivity index (χ4n) is 2.33. The predicted octanol–water partition coefficient (Wildman–Crippen LogP) is 4.52. The number of methoxy groups -OCH3 is 2. The summed E-state index contributed by atoms with van der Waals surface area (Å²) < 4.78 is 35.0. The first-order valence-corrected chi connectivity index (χ1v) is 10.2. The molecule has 0 saturated carbocycles. The molecule has 1 aromatic carbocycles. The van der Waals surface area contributed by atoms with Crippen LogP contribution in [-0.2, 0) is 9.19 Å². The predicted molar refractivity (Wildman–Crippen MR) is 105 cm³/mol. The zero-order chi connectivity index (χ0) is 20.6. The van der Waals surface area contributed by atoms with E-state index < -0.39 is 7.60 Å². The van der Waals surface area contributed by atoms with Crippen LogP contribution in [0.15, 0.2) is 42.0 Å². The third kappa shape index (κ3) is 5.15. The summed E-state index contributed by atoms with van der Waals surface area (Å²) in [7, 11) is -1.06. The minimum Gasteiger partial charge on any atom is -0.502 e. The lowest BCUT2D eigenvalue weighted by molar-refractivity contribution is 0.314. The summed E-state index contributed by atoms with van der Waals surface area (Å²) in [5.41, 5.74) is 2.48. The Morgan fingerprint density at radius 2 is 1.79 bits per heavy atom. The Balaban J connectivity index is 2.39. The van der Waals surface area contributed by atoms with E-state index in [1.54, 1.807) is 12.1 Å².